The van der Waals surface area contributed by atoms with Gasteiger partial charge in [0.2, 0.25) is 0 Å². The largest absolute Gasteiger partial charge is 0.497 e. The molecule has 2 nitrogen and oxygen atoms in total. The summed E-state index contributed by atoms with van der Waals surface area (Å²) in [5.74, 6) is 0.806. The van der Waals surface area contributed by atoms with E-state index in [2.05, 4.69) is 33.4 Å². The van der Waals surface area contributed by atoms with Crippen molar-refractivity contribution in [1.29, 1.82) is 0 Å². The number of aliphatic hydroxyl groups excluding tert-OH is 1. The highest BCUT2D eigenvalue weighted by atomic mass is 16.5. The molecule has 1 rings (SSSR count). The van der Waals surface area contributed by atoms with Gasteiger partial charge in [-0.25, -0.2) is 0 Å². The molecule has 0 saturated heterocycles. The van der Waals surface area contributed by atoms with Gasteiger partial charge < -0.3 is 9.84 Å². The molecule has 0 radical (unpaired) electrons. The molecule has 1 unspecified atom stereocenters. The summed E-state index contributed by atoms with van der Waals surface area (Å²) in [4.78, 5) is 0. The van der Waals surface area contributed by atoms with Gasteiger partial charge in [0.05, 0.1) is 13.2 Å². The third-order valence-electron chi connectivity index (χ3n) is 3.92. The van der Waals surface area contributed by atoms with Crippen molar-refractivity contribution in [2.24, 2.45) is 5.41 Å². The first kappa shape index (κ1) is 17.5. The predicted octanol–water partition coefficient (Wildman–Crippen LogP) is 5.06. The van der Waals surface area contributed by atoms with Gasteiger partial charge in [-0.3, -0.25) is 0 Å². The molecule has 1 N–H and O–H groups in total. The van der Waals surface area contributed by atoms with Crippen LogP contribution in [0.25, 0.3) is 0 Å². The lowest BCUT2D eigenvalue weighted by Crippen LogP contribution is -2.17. The van der Waals surface area contributed by atoms with Crippen molar-refractivity contribution in [2.45, 2.75) is 46.1 Å². The van der Waals surface area contributed by atoms with E-state index in [0.29, 0.717) is 6.42 Å². The maximum absolute atomic E-state index is 10.5. The van der Waals surface area contributed by atoms with Gasteiger partial charge in [0.25, 0.3) is 0 Å². The summed E-state index contributed by atoms with van der Waals surface area (Å²) >= 11 is 0. The zero-order valence-electron chi connectivity index (χ0n) is 13.7. The SMILES string of the molecule is C=C[C@](C)(CCC=C(C)C)CC(O)c1ccc(OC)cc1. The summed E-state index contributed by atoms with van der Waals surface area (Å²) in [6.45, 7) is 10.3. The fourth-order valence-corrected chi connectivity index (χ4v) is 2.36. The summed E-state index contributed by atoms with van der Waals surface area (Å²) < 4.78 is 5.14. The van der Waals surface area contributed by atoms with Crippen LogP contribution in [0.1, 0.15) is 51.7 Å². The molecule has 1 aromatic rings. The van der Waals surface area contributed by atoms with Crippen molar-refractivity contribution in [3.05, 3.63) is 54.1 Å². The average Bonchev–Trinajstić information content (AvgIpc) is 2.46. The molecule has 0 aliphatic carbocycles. The number of rotatable bonds is 8. The number of aliphatic hydroxyl groups is 1. The molecular formula is C19H28O2. The molecule has 0 saturated carbocycles. The van der Waals surface area contributed by atoms with Crippen LogP contribution in [0.5, 0.6) is 5.75 Å². The molecule has 0 fully saturated rings. The number of benzene rings is 1. The Kier molecular flexibility index (Phi) is 6.70. The molecule has 1 aromatic carbocycles. The number of methoxy groups -OCH3 is 1. The van der Waals surface area contributed by atoms with Crippen LogP contribution in [0.3, 0.4) is 0 Å². The van der Waals surface area contributed by atoms with Crippen LogP contribution >= 0.6 is 0 Å². The predicted molar refractivity (Wildman–Crippen MR) is 89.5 cm³/mol. The number of ether oxygens (including phenoxy) is 1. The molecule has 0 aliphatic heterocycles. The van der Waals surface area contributed by atoms with Crippen LogP contribution in [0, 0.1) is 5.41 Å². The molecular weight excluding hydrogens is 260 g/mol. The Balaban J connectivity index is 2.69. The number of hydrogen-bond acceptors (Lipinski definition) is 2. The van der Waals surface area contributed by atoms with Gasteiger partial charge in [0, 0.05) is 0 Å². The van der Waals surface area contributed by atoms with Gasteiger partial charge in [0.15, 0.2) is 0 Å². The fraction of sp³-hybridized carbons (Fsp3) is 0.474. The van der Waals surface area contributed by atoms with Crippen molar-refractivity contribution < 1.29 is 9.84 Å². The van der Waals surface area contributed by atoms with Crippen molar-refractivity contribution in [3.8, 4) is 5.75 Å². The van der Waals surface area contributed by atoms with Crippen LogP contribution in [-0.4, -0.2) is 12.2 Å². The van der Waals surface area contributed by atoms with E-state index < -0.39 is 6.10 Å². The standard InChI is InChI=1S/C19H28O2/c1-6-19(4,13-7-8-15(2)3)14-18(20)16-9-11-17(21-5)12-10-16/h6,8-12,18,20H,1,7,13-14H2,2-5H3/t18?,19-/m1/s1. The van der Waals surface area contributed by atoms with E-state index in [9.17, 15) is 5.11 Å². The molecule has 21 heavy (non-hydrogen) atoms. The average molecular weight is 288 g/mol. The van der Waals surface area contributed by atoms with E-state index in [1.807, 2.05) is 30.3 Å². The van der Waals surface area contributed by atoms with Crippen LogP contribution < -0.4 is 4.74 Å². The molecule has 0 aliphatic rings. The second kappa shape index (κ2) is 8.04. The van der Waals surface area contributed by atoms with Gasteiger partial charge in [-0.05, 0) is 56.2 Å². The Morgan fingerprint density at radius 1 is 1.33 bits per heavy atom. The molecule has 0 spiro atoms. The van der Waals surface area contributed by atoms with Gasteiger partial charge in [-0.1, -0.05) is 36.8 Å². The maximum Gasteiger partial charge on any atom is 0.118 e. The third kappa shape index (κ3) is 5.76. The van der Waals surface area contributed by atoms with E-state index >= 15 is 0 Å². The van der Waals surface area contributed by atoms with Gasteiger partial charge in [-0.2, -0.15) is 0 Å². The number of hydrogen-bond donors (Lipinski definition) is 1. The lowest BCUT2D eigenvalue weighted by Gasteiger charge is -2.28. The summed E-state index contributed by atoms with van der Waals surface area (Å²) in [6, 6.07) is 7.60. The second-order valence-corrected chi connectivity index (χ2v) is 6.17. The Labute approximate surface area is 129 Å². The summed E-state index contributed by atoms with van der Waals surface area (Å²) in [5, 5.41) is 10.5. The van der Waals surface area contributed by atoms with E-state index in [1.54, 1.807) is 7.11 Å². The molecule has 0 amide bonds. The Morgan fingerprint density at radius 2 is 1.95 bits per heavy atom. The van der Waals surface area contributed by atoms with E-state index in [-0.39, 0.29) is 5.41 Å². The summed E-state index contributed by atoms with van der Waals surface area (Å²) in [5.41, 5.74) is 2.19. The monoisotopic (exact) mass is 288 g/mol. The maximum atomic E-state index is 10.5. The number of allylic oxidation sites excluding steroid dienone is 3. The molecule has 0 bridgehead atoms. The molecule has 116 valence electrons. The molecule has 2 heteroatoms. The van der Waals surface area contributed by atoms with Gasteiger partial charge >= 0.3 is 0 Å². The highest BCUT2D eigenvalue weighted by molar-refractivity contribution is 5.28. The molecule has 0 heterocycles. The van der Waals surface area contributed by atoms with E-state index in [0.717, 1.165) is 24.2 Å². The zero-order valence-corrected chi connectivity index (χ0v) is 13.7. The quantitative estimate of drug-likeness (QED) is 0.678. The minimum absolute atomic E-state index is 0.0642. The van der Waals surface area contributed by atoms with Crippen molar-refractivity contribution >= 4 is 0 Å². The van der Waals surface area contributed by atoms with Crippen molar-refractivity contribution in [1.82, 2.24) is 0 Å². The van der Waals surface area contributed by atoms with Gasteiger partial charge in [-0.15, -0.1) is 6.58 Å². The van der Waals surface area contributed by atoms with Crippen molar-refractivity contribution in [3.63, 3.8) is 0 Å². The first-order chi connectivity index (χ1) is 9.90. The highest BCUT2D eigenvalue weighted by Gasteiger charge is 2.24. The zero-order chi connectivity index (χ0) is 15.9. The van der Waals surface area contributed by atoms with Crippen molar-refractivity contribution in [2.75, 3.05) is 7.11 Å². The smallest absolute Gasteiger partial charge is 0.118 e. The lowest BCUT2D eigenvalue weighted by molar-refractivity contribution is 0.122. The Bertz CT molecular complexity index is 469. The minimum atomic E-state index is -0.481. The molecule has 2 atom stereocenters. The third-order valence-corrected chi connectivity index (χ3v) is 3.92. The Hall–Kier alpha value is -1.54. The summed E-state index contributed by atoms with van der Waals surface area (Å²) in [7, 11) is 1.64. The summed E-state index contributed by atoms with van der Waals surface area (Å²) in [6.07, 6.45) is 6.42. The highest BCUT2D eigenvalue weighted by Crippen LogP contribution is 2.36. The van der Waals surface area contributed by atoms with Crippen LogP contribution in [0.15, 0.2) is 48.6 Å². The lowest BCUT2D eigenvalue weighted by atomic mass is 9.79. The van der Waals surface area contributed by atoms with Crippen LogP contribution in [0.2, 0.25) is 0 Å². The van der Waals surface area contributed by atoms with E-state index in [1.165, 1.54) is 5.57 Å². The fourth-order valence-electron chi connectivity index (χ4n) is 2.36. The first-order valence-electron chi connectivity index (χ1n) is 7.49. The van der Waals surface area contributed by atoms with Crippen LogP contribution in [0.4, 0.5) is 0 Å². The second-order valence-electron chi connectivity index (χ2n) is 6.17. The minimum Gasteiger partial charge on any atom is -0.497 e. The first-order valence-corrected chi connectivity index (χ1v) is 7.49. The normalized spacial score (nSPS) is 14.9. The van der Waals surface area contributed by atoms with Crippen LogP contribution in [-0.2, 0) is 0 Å². The topological polar surface area (TPSA) is 29.5 Å². The van der Waals surface area contributed by atoms with E-state index in [4.69, 9.17) is 4.74 Å². The van der Waals surface area contributed by atoms with Gasteiger partial charge in [0.1, 0.15) is 5.75 Å². The molecule has 0 aromatic heterocycles. The Morgan fingerprint density at radius 3 is 2.43 bits per heavy atom.